The van der Waals surface area contributed by atoms with Gasteiger partial charge in [-0.1, -0.05) is 6.07 Å². The van der Waals surface area contributed by atoms with Gasteiger partial charge < -0.3 is 0 Å². The summed E-state index contributed by atoms with van der Waals surface area (Å²) in [6.07, 6.45) is 7.89. The highest BCUT2D eigenvalue weighted by Gasteiger charge is 1.98. The smallest absolute Gasteiger partial charge is 0.204 e. The number of hydrogen-bond donors (Lipinski definition) is 0. The zero-order valence-corrected chi connectivity index (χ0v) is 8.67. The quantitative estimate of drug-likeness (QED) is 0.673. The maximum atomic E-state index is 4.23. The third kappa shape index (κ3) is 2.50. The molecule has 74 valence electrons. The van der Waals surface area contributed by atoms with E-state index in [-0.39, 0.29) is 0 Å². The number of pyridine rings is 2. The van der Waals surface area contributed by atoms with Gasteiger partial charge >= 0.3 is 0 Å². The first kappa shape index (κ1) is 9.59. The summed E-state index contributed by atoms with van der Waals surface area (Å²) in [7, 11) is 2.03. The van der Waals surface area contributed by atoms with Crippen LogP contribution in [0.25, 0.3) is 12.2 Å². The minimum atomic E-state index is 0.973. The molecule has 0 radical (unpaired) electrons. The molecule has 2 aromatic heterocycles. The molecule has 0 bridgehead atoms. The van der Waals surface area contributed by atoms with E-state index in [9.17, 15) is 0 Å². The minimum Gasteiger partial charge on any atom is -0.257 e. The summed E-state index contributed by atoms with van der Waals surface area (Å²) in [5.41, 5.74) is 2.13. The molecule has 2 heterocycles. The lowest BCUT2D eigenvalue weighted by Gasteiger charge is -1.92. The molecule has 0 fully saturated rings. The monoisotopic (exact) mass is 197 g/mol. The van der Waals surface area contributed by atoms with Crippen LogP contribution in [0.15, 0.2) is 48.8 Å². The molecular weight excluding hydrogens is 184 g/mol. The molecule has 0 atom stereocenters. The van der Waals surface area contributed by atoms with Gasteiger partial charge in [0.05, 0.1) is 5.69 Å². The van der Waals surface area contributed by atoms with Crippen LogP contribution in [-0.2, 0) is 7.05 Å². The number of aryl methyl sites for hydroxylation is 1. The lowest BCUT2D eigenvalue weighted by Crippen LogP contribution is -2.30. The second kappa shape index (κ2) is 4.51. The van der Waals surface area contributed by atoms with Gasteiger partial charge in [-0.3, -0.25) is 4.98 Å². The third-order valence-electron chi connectivity index (χ3n) is 2.21. The van der Waals surface area contributed by atoms with E-state index < -0.39 is 0 Å². The number of rotatable bonds is 2. The SMILES string of the molecule is C[n+]1ccccc1/C=C/c1ccccn1. The number of aromatic nitrogens is 2. The molecule has 0 aromatic carbocycles. The molecule has 0 saturated carbocycles. The van der Waals surface area contributed by atoms with Crippen LogP contribution in [0.5, 0.6) is 0 Å². The predicted octanol–water partition coefficient (Wildman–Crippen LogP) is 2.08. The van der Waals surface area contributed by atoms with E-state index in [2.05, 4.69) is 21.7 Å². The van der Waals surface area contributed by atoms with Crippen LogP contribution in [0.1, 0.15) is 11.4 Å². The van der Waals surface area contributed by atoms with Gasteiger partial charge in [-0.25, -0.2) is 4.57 Å². The van der Waals surface area contributed by atoms with E-state index in [0.29, 0.717) is 0 Å². The lowest BCUT2D eigenvalue weighted by molar-refractivity contribution is -0.673. The Hall–Kier alpha value is -1.96. The topological polar surface area (TPSA) is 16.8 Å². The molecule has 2 aromatic rings. The molecule has 15 heavy (non-hydrogen) atoms. The van der Waals surface area contributed by atoms with Gasteiger partial charge in [-0.2, -0.15) is 0 Å². The zero-order valence-electron chi connectivity index (χ0n) is 8.67. The molecule has 2 nitrogen and oxygen atoms in total. The summed E-state index contributed by atoms with van der Waals surface area (Å²) < 4.78 is 2.07. The molecule has 2 rings (SSSR count). The second-order valence-corrected chi connectivity index (χ2v) is 3.32. The van der Waals surface area contributed by atoms with Crippen molar-refractivity contribution in [1.82, 2.24) is 4.98 Å². The van der Waals surface area contributed by atoms with E-state index in [1.165, 1.54) is 0 Å². The zero-order chi connectivity index (χ0) is 10.5. The molecule has 0 aliphatic heterocycles. The van der Waals surface area contributed by atoms with Crippen molar-refractivity contribution >= 4 is 12.2 Å². The fraction of sp³-hybridized carbons (Fsp3) is 0.0769. The molecule has 0 N–H and O–H groups in total. The third-order valence-corrected chi connectivity index (χ3v) is 2.21. The standard InChI is InChI=1S/C13H13N2/c1-15-11-5-3-7-13(15)9-8-12-6-2-4-10-14-12/h2-11H,1H3/q+1/b9-8+. The Balaban J connectivity index is 2.23. The average molecular weight is 197 g/mol. The van der Waals surface area contributed by atoms with Crippen LogP contribution in [0.4, 0.5) is 0 Å². The van der Waals surface area contributed by atoms with Crippen molar-refractivity contribution in [2.45, 2.75) is 0 Å². The van der Waals surface area contributed by atoms with Crippen molar-refractivity contribution in [3.63, 3.8) is 0 Å². The summed E-state index contributed by atoms with van der Waals surface area (Å²) in [4.78, 5) is 4.23. The maximum Gasteiger partial charge on any atom is 0.204 e. The second-order valence-electron chi connectivity index (χ2n) is 3.32. The molecule has 0 aliphatic rings. The van der Waals surface area contributed by atoms with Gasteiger partial charge in [0.15, 0.2) is 6.20 Å². The molecule has 2 heteroatoms. The Morgan fingerprint density at radius 3 is 2.67 bits per heavy atom. The Kier molecular flexibility index (Phi) is 2.88. The molecule has 0 aliphatic carbocycles. The Morgan fingerprint density at radius 2 is 1.93 bits per heavy atom. The molecule has 0 saturated heterocycles. The summed E-state index contributed by atoms with van der Waals surface area (Å²) >= 11 is 0. The molecule has 0 spiro atoms. The van der Waals surface area contributed by atoms with Crippen molar-refractivity contribution in [3.8, 4) is 0 Å². The van der Waals surface area contributed by atoms with Crippen LogP contribution in [0.2, 0.25) is 0 Å². The summed E-state index contributed by atoms with van der Waals surface area (Å²) in [5, 5.41) is 0. The van der Waals surface area contributed by atoms with E-state index in [4.69, 9.17) is 0 Å². The van der Waals surface area contributed by atoms with Gasteiger partial charge in [-0.15, -0.1) is 0 Å². The van der Waals surface area contributed by atoms with Gasteiger partial charge in [0.25, 0.3) is 0 Å². The summed E-state index contributed by atoms with van der Waals surface area (Å²) in [6, 6.07) is 12.0. The normalized spacial score (nSPS) is 10.7. The van der Waals surface area contributed by atoms with Gasteiger partial charge in [-0.05, 0) is 24.3 Å². The van der Waals surface area contributed by atoms with Crippen LogP contribution in [0.3, 0.4) is 0 Å². The Bertz CT molecular complexity index is 461. The van der Waals surface area contributed by atoms with E-state index in [1.54, 1.807) is 6.20 Å². The van der Waals surface area contributed by atoms with Gasteiger partial charge in [0, 0.05) is 24.4 Å². The van der Waals surface area contributed by atoms with Gasteiger partial charge in [0.2, 0.25) is 5.69 Å². The highest BCUT2D eigenvalue weighted by molar-refractivity contribution is 5.64. The first-order chi connectivity index (χ1) is 7.36. The molecular formula is C13H13N2+. The average Bonchev–Trinajstić information content (AvgIpc) is 2.29. The van der Waals surface area contributed by atoms with E-state index in [1.807, 2.05) is 49.7 Å². The van der Waals surface area contributed by atoms with Crippen molar-refractivity contribution in [1.29, 1.82) is 0 Å². The van der Waals surface area contributed by atoms with Crippen molar-refractivity contribution < 1.29 is 4.57 Å². The van der Waals surface area contributed by atoms with E-state index >= 15 is 0 Å². The highest BCUT2D eigenvalue weighted by atomic mass is 14.9. The first-order valence-electron chi connectivity index (χ1n) is 4.90. The lowest BCUT2D eigenvalue weighted by atomic mass is 10.2. The van der Waals surface area contributed by atoms with Crippen molar-refractivity contribution in [2.24, 2.45) is 7.05 Å². The number of hydrogen-bond acceptors (Lipinski definition) is 1. The Morgan fingerprint density at radius 1 is 1.07 bits per heavy atom. The van der Waals surface area contributed by atoms with Crippen LogP contribution in [0, 0.1) is 0 Å². The highest BCUT2D eigenvalue weighted by Crippen LogP contribution is 2.01. The minimum absolute atomic E-state index is 0.973. The molecule has 0 unspecified atom stereocenters. The summed E-state index contributed by atoms with van der Waals surface area (Å²) in [5.74, 6) is 0. The Labute approximate surface area is 89.5 Å². The van der Waals surface area contributed by atoms with Gasteiger partial charge in [0.1, 0.15) is 7.05 Å². The van der Waals surface area contributed by atoms with Crippen LogP contribution in [-0.4, -0.2) is 4.98 Å². The fourth-order valence-corrected chi connectivity index (χ4v) is 1.36. The van der Waals surface area contributed by atoms with E-state index in [0.717, 1.165) is 11.4 Å². The molecule has 0 amide bonds. The van der Waals surface area contributed by atoms with Crippen molar-refractivity contribution in [2.75, 3.05) is 0 Å². The first-order valence-corrected chi connectivity index (χ1v) is 4.90. The van der Waals surface area contributed by atoms with Crippen LogP contribution < -0.4 is 4.57 Å². The van der Waals surface area contributed by atoms with Crippen molar-refractivity contribution in [3.05, 3.63) is 60.2 Å². The predicted molar refractivity (Wildman–Crippen MR) is 60.8 cm³/mol. The summed E-state index contributed by atoms with van der Waals surface area (Å²) in [6.45, 7) is 0. The van der Waals surface area contributed by atoms with Crippen LogP contribution >= 0.6 is 0 Å². The maximum absolute atomic E-state index is 4.23. The number of nitrogens with zero attached hydrogens (tertiary/aromatic N) is 2. The fourth-order valence-electron chi connectivity index (χ4n) is 1.36. The largest absolute Gasteiger partial charge is 0.257 e.